The Labute approximate surface area is 256 Å². The van der Waals surface area contributed by atoms with Gasteiger partial charge >= 0.3 is 0 Å². The van der Waals surface area contributed by atoms with Crippen LogP contribution in [0, 0.1) is 6.92 Å². The van der Waals surface area contributed by atoms with Gasteiger partial charge in [0.05, 0.1) is 18.7 Å². The maximum Gasteiger partial charge on any atom is 0.253 e. The number of alkyl halides is 1. The Morgan fingerprint density at radius 1 is 1.05 bits per heavy atom. The molecule has 8 nitrogen and oxygen atoms in total. The summed E-state index contributed by atoms with van der Waals surface area (Å²) in [4.78, 5) is 36.6. The lowest BCUT2D eigenvalue weighted by molar-refractivity contribution is 0.0784. The number of aliphatic hydroxyl groups is 1. The number of nitrogens with one attached hydrogen (secondary N) is 2. The molecular formula is C33H38FN5O3S. The van der Waals surface area contributed by atoms with E-state index < -0.39 is 23.7 Å². The number of carbonyl (C=O) groups excluding carboxylic acids is 2. The Bertz CT molecular complexity index is 1520. The monoisotopic (exact) mass is 603 g/mol. The second-order valence-electron chi connectivity index (χ2n) is 11.1. The maximum absolute atomic E-state index is 14.4. The molecule has 10 heteroatoms. The van der Waals surface area contributed by atoms with E-state index in [0.717, 1.165) is 21.8 Å². The number of hydrogen-bond donors (Lipinski definition) is 3. The molecule has 2 atom stereocenters. The highest BCUT2D eigenvalue weighted by molar-refractivity contribution is 7.09. The third kappa shape index (κ3) is 9.25. The molecular weight excluding hydrogens is 565 g/mol. The van der Waals surface area contributed by atoms with Gasteiger partial charge in [0, 0.05) is 60.3 Å². The highest BCUT2D eigenvalue weighted by Gasteiger charge is 2.24. The summed E-state index contributed by atoms with van der Waals surface area (Å²) in [5.74, 6) is -0.614. The minimum absolute atomic E-state index is 0.181. The van der Waals surface area contributed by atoms with Gasteiger partial charge in [-0.2, -0.15) is 0 Å². The normalized spacial score (nSPS) is 12.9. The minimum Gasteiger partial charge on any atom is -0.390 e. The Morgan fingerprint density at radius 3 is 2.49 bits per heavy atom. The Kier molecular flexibility index (Phi) is 10.7. The molecule has 0 fully saturated rings. The highest BCUT2D eigenvalue weighted by Crippen LogP contribution is 2.24. The second kappa shape index (κ2) is 14.5. The van der Waals surface area contributed by atoms with Crippen LogP contribution in [-0.2, 0) is 25.2 Å². The molecule has 0 bridgehead atoms. The lowest BCUT2D eigenvalue weighted by Crippen LogP contribution is -2.48. The van der Waals surface area contributed by atoms with E-state index in [-0.39, 0.29) is 12.5 Å². The number of benzene rings is 2. The molecule has 3 N–H and O–H groups in total. The van der Waals surface area contributed by atoms with Crippen LogP contribution in [0.3, 0.4) is 0 Å². The zero-order valence-electron chi connectivity index (χ0n) is 24.9. The largest absolute Gasteiger partial charge is 0.390 e. The van der Waals surface area contributed by atoms with Gasteiger partial charge in [-0.1, -0.05) is 36.4 Å². The first-order valence-corrected chi connectivity index (χ1v) is 15.0. The molecule has 0 saturated carbocycles. The van der Waals surface area contributed by atoms with Crippen LogP contribution in [0.2, 0.25) is 0 Å². The van der Waals surface area contributed by atoms with Crippen LogP contribution in [-0.4, -0.2) is 57.5 Å². The summed E-state index contributed by atoms with van der Waals surface area (Å²) < 4.78 is 14.4. The molecule has 226 valence electrons. The van der Waals surface area contributed by atoms with Gasteiger partial charge in [-0.3, -0.25) is 14.6 Å². The predicted octanol–water partition coefficient (Wildman–Crippen LogP) is 4.82. The minimum atomic E-state index is -1.51. The topological polar surface area (TPSA) is 107 Å². The number of pyridine rings is 1. The second-order valence-corrected chi connectivity index (χ2v) is 12.1. The molecule has 43 heavy (non-hydrogen) atoms. The van der Waals surface area contributed by atoms with Crippen LogP contribution in [0.15, 0.2) is 78.4 Å². The van der Waals surface area contributed by atoms with Crippen molar-refractivity contribution < 1.29 is 19.1 Å². The molecule has 0 saturated heterocycles. The van der Waals surface area contributed by atoms with Crippen LogP contribution >= 0.6 is 11.3 Å². The molecule has 2 aromatic heterocycles. The van der Waals surface area contributed by atoms with Crippen LogP contribution in [0.5, 0.6) is 0 Å². The van der Waals surface area contributed by atoms with E-state index in [1.165, 1.54) is 31.4 Å². The average molecular weight is 604 g/mol. The van der Waals surface area contributed by atoms with Crippen LogP contribution in [0.25, 0.3) is 0 Å². The molecule has 0 aliphatic carbocycles. The number of aryl methyl sites for hydroxylation is 1. The SMILES string of the molecule is Cc1csc(CN(C)C(=O)c2cccc(C(=O)N[C@@H](Cc3ccccc3)[C@H](O)CNCc3cncc(C(C)(C)F)c3)c2)n1. The van der Waals surface area contributed by atoms with Gasteiger partial charge in [-0.15, -0.1) is 11.3 Å². The van der Waals surface area contributed by atoms with E-state index in [1.54, 1.807) is 48.5 Å². The van der Waals surface area contributed by atoms with E-state index in [0.29, 0.717) is 36.2 Å². The van der Waals surface area contributed by atoms with Crippen LogP contribution < -0.4 is 10.6 Å². The third-order valence-corrected chi connectivity index (χ3v) is 7.95. The smallest absolute Gasteiger partial charge is 0.253 e. The molecule has 0 spiro atoms. The third-order valence-electron chi connectivity index (χ3n) is 7.00. The van der Waals surface area contributed by atoms with Crippen molar-refractivity contribution in [1.29, 1.82) is 0 Å². The first-order chi connectivity index (χ1) is 20.5. The zero-order chi connectivity index (χ0) is 31.0. The molecule has 0 aliphatic heterocycles. The molecule has 2 heterocycles. The fourth-order valence-corrected chi connectivity index (χ4v) is 5.41. The first kappa shape index (κ1) is 31.9. The van der Waals surface area contributed by atoms with Gasteiger partial charge in [0.15, 0.2) is 0 Å². The molecule has 4 aromatic rings. The van der Waals surface area contributed by atoms with Gasteiger partial charge < -0.3 is 20.6 Å². The fourth-order valence-electron chi connectivity index (χ4n) is 4.58. The van der Waals surface area contributed by atoms with Crippen molar-refractivity contribution in [2.24, 2.45) is 0 Å². The molecule has 0 aliphatic rings. The predicted molar refractivity (Wildman–Crippen MR) is 167 cm³/mol. The molecule has 2 aromatic carbocycles. The Balaban J connectivity index is 1.42. The van der Waals surface area contributed by atoms with E-state index >= 15 is 0 Å². The van der Waals surface area contributed by atoms with Crippen molar-refractivity contribution in [3.8, 4) is 0 Å². The van der Waals surface area contributed by atoms with Gasteiger partial charge in [0.2, 0.25) is 0 Å². The number of aliphatic hydroxyl groups excluding tert-OH is 1. The number of carbonyl (C=O) groups is 2. The quantitative estimate of drug-likeness (QED) is 0.202. The van der Waals surface area contributed by atoms with Gasteiger partial charge in [-0.25, -0.2) is 9.37 Å². The van der Waals surface area contributed by atoms with Crippen molar-refractivity contribution >= 4 is 23.2 Å². The van der Waals surface area contributed by atoms with Crippen molar-refractivity contribution in [3.05, 3.63) is 117 Å². The van der Waals surface area contributed by atoms with E-state index in [9.17, 15) is 19.1 Å². The van der Waals surface area contributed by atoms with E-state index in [2.05, 4.69) is 20.6 Å². The van der Waals surface area contributed by atoms with Crippen molar-refractivity contribution in [3.63, 3.8) is 0 Å². The van der Waals surface area contributed by atoms with E-state index in [4.69, 9.17) is 0 Å². The highest BCUT2D eigenvalue weighted by atomic mass is 32.1. The van der Waals surface area contributed by atoms with Gasteiger partial charge in [-0.05, 0) is 62.6 Å². The number of aromatic nitrogens is 2. The van der Waals surface area contributed by atoms with Gasteiger partial charge in [0.1, 0.15) is 10.7 Å². The summed E-state index contributed by atoms with van der Waals surface area (Å²) in [6.45, 7) is 5.80. The van der Waals surface area contributed by atoms with E-state index in [1.807, 2.05) is 42.6 Å². The summed E-state index contributed by atoms with van der Waals surface area (Å²) in [7, 11) is 1.70. The van der Waals surface area contributed by atoms with Crippen LogP contribution in [0.4, 0.5) is 4.39 Å². The number of nitrogens with zero attached hydrogens (tertiary/aromatic N) is 3. The Morgan fingerprint density at radius 2 is 1.79 bits per heavy atom. The Hall–Kier alpha value is -3.99. The van der Waals surface area contributed by atoms with Gasteiger partial charge in [0.25, 0.3) is 11.8 Å². The lowest BCUT2D eigenvalue weighted by atomic mass is 9.99. The number of hydrogen-bond acceptors (Lipinski definition) is 7. The summed E-state index contributed by atoms with van der Waals surface area (Å²) >= 11 is 1.50. The molecule has 4 rings (SSSR count). The number of amides is 2. The molecule has 0 radical (unpaired) electrons. The van der Waals surface area contributed by atoms with Crippen molar-refractivity contribution in [1.82, 2.24) is 25.5 Å². The lowest BCUT2D eigenvalue weighted by Gasteiger charge is -2.25. The summed E-state index contributed by atoms with van der Waals surface area (Å²) in [5.41, 5.74) is 2.33. The summed E-state index contributed by atoms with van der Waals surface area (Å²) in [6, 6.07) is 17.3. The first-order valence-electron chi connectivity index (χ1n) is 14.1. The number of thiazole rings is 1. The summed E-state index contributed by atoms with van der Waals surface area (Å²) in [6.07, 6.45) is 2.63. The molecule has 2 amide bonds. The van der Waals surface area contributed by atoms with Crippen LogP contribution in [0.1, 0.15) is 62.0 Å². The van der Waals surface area contributed by atoms with Crippen molar-refractivity contribution in [2.75, 3.05) is 13.6 Å². The number of halogens is 1. The number of rotatable bonds is 13. The maximum atomic E-state index is 14.4. The fraction of sp³-hybridized carbons (Fsp3) is 0.333. The van der Waals surface area contributed by atoms with Crippen molar-refractivity contribution in [2.45, 2.75) is 58.1 Å². The molecule has 0 unspecified atom stereocenters. The summed E-state index contributed by atoms with van der Waals surface area (Å²) in [5, 5.41) is 20.1. The standard InChI is InChI=1S/C33H38FN5O3S/c1-22-21-43-30(37-22)20-39(4)32(42)26-12-8-11-25(15-26)31(41)38-28(14-23-9-6-5-7-10-23)29(40)19-36-17-24-13-27(18-35-16-24)33(2,3)34/h5-13,15-16,18,21,28-29,36,40H,14,17,19-20H2,1-4H3,(H,38,41)/t28-,29+/m0/s1. The average Bonchev–Trinajstić information content (AvgIpc) is 3.40. The zero-order valence-corrected chi connectivity index (χ0v) is 25.7.